The lowest BCUT2D eigenvalue weighted by Crippen LogP contribution is -2.33. The number of aromatic nitrogens is 1. The number of benzene rings is 1. The van der Waals surface area contributed by atoms with Gasteiger partial charge in [0.15, 0.2) is 28.9 Å². The van der Waals surface area contributed by atoms with E-state index in [-0.39, 0.29) is 11.9 Å². The Morgan fingerprint density at radius 2 is 1.80 bits per heavy atom. The maximum atomic E-state index is 13.9. The quantitative estimate of drug-likeness (QED) is 0.392. The first-order valence-electron chi connectivity index (χ1n) is 6.94. The molecule has 1 aromatic carbocycles. The Morgan fingerprint density at radius 1 is 1.12 bits per heavy atom. The SMILES string of the molecule is O=C(CCl)N(Cc1c(F)c(F)cc(F)c1F)c1ccc2occc2n1. The number of rotatable bonds is 4. The van der Waals surface area contributed by atoms with Crippen LogP contribution in [0.5, 0.6) is 0 Å². The summed E-state index contributed by atoms with van der Waals surface area (Å²) in [7, 11) is 0. The van der Waals surface area contributed by atoms with Gasteiger partial charge in [-0.3, -0.25) is 9.69 Å². The zero-order valence-electron chi connectivity index (χ0n) is 12.4. The molecule has 0 aliphatic carbocycles. The van der Waals surface area contributed by atoms with E-state index in [0.717, 1.165) is 4.90 Å². The molecule has 1 amide bonds. The summed E-state index contributed by atoms with van der Waals surface area (Å²) in [6.45, 7) is -0.783. The molecular weight excluding hydrogens is 364 g/mol. The van der Waals surface area contributed by atoms with Gasteiger partial charge < -0.3 is 4.42 Å². The molecule has 25 heavy (non-hydrogen) atoms. The molecule has 9 heteroatoms. The lowest BCUT2D eigenvalue weighted by molar-refractivity contribution is -0.116. The molecule has 3 rings (SSSR count). The highest BCUT2D eigenvalue weighted by atomic mass is 35.5. The molecule has 0 bridgehead atoms. The zero-order valence-corrected chi connectivity index (χ0v) is 13.2. The van der Waals surface area contributed by atoms with Crippen LogP contribution in [-0.4, -0.2) is 16.8 Å². The molecule has 0 fully saturated rings. The number of hydrogen-bond acceptors (Lipinski definition) is 3. The number of amides is 1. The van der Waals surface area contributed by atoms with Crippen molar-refractivity contribution in [1.82, 2.24) is 4.98 Å². The van der Waals surface area contributed by atoms with Gasteiger partial charge >= 0.3 is 0 Å². The third-order valence-electron chi connectivity index (χ3n) is 3.50. The van der Waals surface area contributed by atoms with Crippen LogP contribution in [0, 0.1) is 23.3 Å². The van der Waals surface area contributed by atoms with Gasteiger partial charge in [-0.15, -0.1) is 11.6 Å². The first-order chi connectivity index (χ1) is 11.9. The smallest absolute Gasteiger partial charge is 0.243 e. The van der Waals surface area contributed by atoms with Crippen molar-refractivity contribution < 1.29 is 26.8 Å². The molecule has 0 N–H and O–H groups in total. The van der Waals surface area contributed by atoms with Crippen LogP contribution in [0.25, 0.3) is 11.1 Å². The number of carbonyl (C=O) groups excluding carboxylic acids is 1. The molecule has 0 radical (unpaired) electrons. The second kappa shape index (κ2) is 6.72. The monoisotopic (exact) mass is 372 g/mol. The second-order valence-corrected chi connectivity index (χ2v) is 5.30. The maximum Gasteiger partial charge on any atom is 0.243 e. The molecule has 4 nitrogen and oxygen atoms in total. The molecular formula is C16H9ClF4N2O2. The van der Waals surface area contributed by atoms with Crippen molar-refractivity contribution >= 4 is 34.4 Å². The summed E-state index contributed by atoms with van der Waals surface area (Å²) in [5.74, 6) is -7.57. The molecule has 3 aromatic rings. The van der Waals surface area contributed by atoms with Gasteiger partial charge in [0.25, 0.3) is 0 Å². The van der Waals surface area contributed by atoms with Crippen molar-refractivity contribution in [3.05, 3.63) is 59.4 Å². The lowest BCUT2D eigenvalue weighted by Gasteiger charge is -2.21. The molecule has 0 aliphatic heterocycles. The molecule has 0 atom stereocenters. The highest BCUT2D eigenvalue weighted by Gasteiger charge is 2.25. The second-order valence-electron chi connectivity index (χ2n) is 5.03. The van der Waals surface area contributed by atoms with E-state index in [1.807, 2.05) is 0 Å². The molecule has 0 aliphatic rings. The highest BCUT2D eigenvalue weighted by molar-refractivity contribution is 6.29. The predicted molar refractivity (Wildman–Crippen MR) is 82.2 cm³/mol. The molecule has 2 aromatic heterocycles. The van der Waals surface area contributed by atoms with Crippen LogP contribution in [0.15, 0.2) is 34.9 Å². The van der Waals surface area contributed by atoms with Gasteiger partial charge in [-0.2, -0.15) is 0 Å². The van der Waals surface area contributed by atoms with Gasteiger partial charge in [0.1, 0.15) is 17.2 Å². The average Bonchev–Trinajstić information content (AvgIpc) is 3.07. The number of fused-ring (bicyclic) bond motifs is 1. The molecule has 0 unspecified atom stereocenters. The Morgan fingerprint density at radius 3 is 2.44 bits per heavy atom. The highest BCUT2D eigenvalue weighted by Crippen LogP contribution is 2.25. The summed E-state index contributed by atoms with van der Waals surface area (Å²) in [6.07, 6.45) is 1.37. The number of carbonyl (C=O) groups is 1. The van der Waals surface area contributed by atoms with Gasteiger partial charge in [-0.25, -0.2) is 22.5 Å². The molecule has 2 heterocycles. The van der Waals surface area contributed by atoms with Gasteiger partial charge in [-0.05, 0) is 12.1 Å². The van der Waals surface area contributed by atoms with Crippen LogP contribution >= 0.6 is 11.6 Å². The first-order valence-corrected chi connectivity index (χ1v) is 7.48. The third-order valence-corrected chi connectivity index (χ3v) is 3.73. The predicted octanol–water partition coefficient (Wildman–Crippen LogP) is 4.16. The molecule has 0 saturated carbocycles. The maximum absolute atomic E-state index is 13.9. The van der Waals surface area contributed by atoms with E-state index in [4.69, 9.17) is 16.0 Å². The fourth-order valence-electron chi connectivity index (χ4n) is 2.28. The van der Waals surface area contributed by atoms with Gasteiger partial charge in [0, 0.05) is 17.7 Å². The van der Waals surface area contributed by atoms with Crippen LogP contribution in [0.1, 0.15) is 5.56 Å². The number of furan rings is 1. The Labute approximate surface area is 143 Å². The third kappa shape index (κ3) is 3.17. The number of pyridine rings is 1. The van der Waals surface area contributed by atoms with E-state index in [1.54, 1.807) is 0 Å². The summed E-state index contributed by atoms with van der Waals surface area (Å²) in [5.41, 5.74) is -0.127. The van der Waals surface area contributed by atoms with Crippen molar-refractivity contribution in [2.45, 2.75) is 6.54 Å². The number of hydrogen-bond donors (Lipinski definition) is 0. The fourth-order valence-corrected chi connectivity index (χ4v) is 2.43. The number of anilines is 1. The Hall–Kier alpha value is -2.61. The van der Waals surface area contributed by atoms with E-state index in [1.165, 1.54) is 24.5 Å². The first kappa shape index (κ1) is 17.2. The van der Waals surface area contributed by atoms with Crippen molar-refractivity contribution in [2.24, 2.45) is 0 Å². The van der Waals surface area contributed by atoms with Gasteiger partial charge in [-0.1, -0.05) is 0 Å². The molecule has 0 spiro atoms. The van der Waals surface area contributed by atoms with Crippen LogP contribution < -0.4 is 4.90 Å². The largest absolute Gasteiger partial charge is 0.463 e. The summed E-state index contributed by atoms with van der Waals surface area (Å²) in [6, 6.07) is 4.47. The van der Waals surface area contributed by atoms with E-state index in [0.29, 0.717) is 11.1 Å². The minimum atomic E-state index is -1.59. The Kier molecular flexibility index (Phi) is 4.63. The number of alkyl halides is 1. The van der Waals surface area contributed by atoms with Gasteiger partial charge in [0.05, 0.1) is 12.8 Å². The van der Waals surface area contributed by atoms with Crippen LogP contribution in [0.2, 0.25) is 0 Å². The number of halogens is 5. The van der Waals surface area contributed by atoms with Gasteiger partial charge in [0.2, 0.25) is 5.91 Å². The van der Waals surface area contributed by atoms with E-state index < -0.39 is 47.2 Å². The topological polar surface area (TPSA) is 46.3 Å². The minimum absolute atomic E-state index is 0.00280. The standard InChI is InChI=1S/C16H9ClF4N2O2/c17-6-14(24)23(13-2-1-12-11(22-13)3-4-25-12)7-8-15(20)9(18)5-10(19)16(8)21/h1-5H,6-7H2. The van der Waals surface area contributed by atoms with E-state index in [9.17, 15) is 22.4 Å². The number of nitrogens with zero attached hydrogens (tertiary/aromatic N) is 2. The van der Waals surface area contributed by atoms with Crippen LogP contribution in [0.3, 0.4) is 0 Å². The Balaban J connectivity index is 2.07. The van der Waals surface area contributed by atoms with Crippen LogP contribution in [0.4, 0.5) is 23.4 Å². The zero-order chi connectivity index (χ0) is 18.1. The van der Waals surface area contributed by atoms with Crippen molar-refractivity contribution in [1.29, 1.82) is 0 Å². The minimum Gasteiger partial charge on any atom is -0.463 e. The molecule has 0 saturated heterocycles. The summed E-state index contributed by atoms with van der Waals surface area (Å²) < 4.78 is 59.7. The molecule has 130 valence electrons. The normalized spacial score (nSPS) is 11.1. The van der Waals surface area contributed by atoms with Crippen molar-refractivity contribution in [3.8, 4) is 0 Å². The van der Waals surface area contributed by atoms with Crippen molar-refractivity contribution in [3.63, 3.8) is 0 Å². The lowest BCUT2D eigenvalue weighted by atomic mass is 10.1. The van der Waals surface area contributed by atoms with E-state index >= 15 is 0 Å². The summed E-state index contributed by atoms with van der Waals surface area (Å²) >= 11 is 5.53. The summed E-state index contributed by atoms with van der Waals surface area (Å²) in [5, 5.41) is 0. The van der Waals surface area contributed by atoms with Crippen molar-refractivity contribution in [2.75, 3.05) is 10.8 Å². The van der Waals surface area contributed by atoms with E-state index in [2.05, 4.69) is 4.98 Å². The fraction of sp³-hybridized carbons (Fsp3) is 0.125. The summed E-state index contributed by atoms with van der Waals surface area (Å²) in [4.78, 5) is 17.0. The Bertz CT molecular complexity index is 934. The average molecular weight is 373 g/mol. The van der Waals surface area contributed by atoms with Crippen LogP contribution in [-0.2, 0) is 11.3 Å².